The number of methoxy groups -OCH3 is 9. The molecule has 0 aromatic rings. The number of carbonyl (C=O) groups excluding carboxylic acids is 11. The van der Waals surface area contributed by atoms with Gasteiger partial charge < -0.3 is 176 Å². The van der Waals surface area contributed by atoms with Crippen molar-refractivity contribution in [2.45, 2.75) is 6.92 Å². The molecule has 47 nitrogen and oxygen atoms in total. The van der Waals surface area contributed by atoms with Gasteiger partial charge in [-0.1, -0.05) is 0 Å². The van der Waals surface area contributed by atoms with E-state index in [1.807, 2.05) is 0 Å². The molecule has 0 aliphatic carbocycles. The van der Waals surface area contributed by atoms with Gasteiger partial charge in [-0.05, 0) is 6.92 Å². The molecule has 0 rings (SSSR count). The maximum atomic E-state index is 15.1. The summed E-state index contributed by atoms with van der Waals surface area (Å²) in [7, 11) is 13.4. The average Bonchev–Trinajstić information content (AvgIpc) is 0.850. The van der Waals surface area contributed by atoms with Gasteiger partial charge in [0.15, 0.2) is 0 Å². The van der Waals surface area contributed by atoms with Crippen molar-refractivity contribution in [3.63, 3.8) is 0 Å². The van der Waals surface area contributed by atoms with Crippen molar-refractivity contribution in [1.82, 2.24) is 59.2 Å². The van der Waals surface area contributed by atoms with E-state index < -0.39 is 124 Å². The van der Waals surface area contributed by atoms with Crippen LogP contribution in [-0.2, 0) is 152 Å². The van der Waals surface area contributed by atoms with E-state index in [1.54, 1.807) is 21.1 Å². The molecule has 0 atom stereocenters. The summed E-state index contributed by atoms with van der Waals surface area (Å²) in [4.78, 5) is 174. The molecule has 0 fully saturated rings. The lowest BCUT2D eigenvalue weighted by atomic mass is 10.3. The zero-order chi connectivity index (χ0) is 94.7. The first-order valence-electron chi connectivity index (χ1n) is 43.4. The zero-order valence-corrected chi connectivity index (χ0v) is 78.1. The Kier molecular flexibility index (Phi) is 81.1. The molecule has 7 N–H and O–H groups in total. The second kappa shape index (κ2) is 85.6. The molecule has 0 aromatic heterocycles. The monoisotopic (exact) mass is 1850 g/mol. The molecule has 0 radical (unpaired) electrons. The van der Waals surface area contributed by atoms with E-state index in [4.69, 9.17) is 117 Å². The first-order chi connectivity index (χ1) is 62.2. The summed E-state index contributed by atoms with van der Waals surface area (Å²) in [6, 6.07) is 0. The maximum absolute atomic E-state index is 15.1. The number of amides is 11. The molecule has 0 heterocycles. The molecule has 0 unspecified atom stereocenters. The van der Waals surface area contributed by atoms with Gasteiger partial charge in [0.25, 0.3) is 0 Å². The van der Waals surface area contributed by atoms with Gasteiger partial charge in [0.05, 0.1) is 290 Å². The van der Waals surface area contributed by atoms with Crippen LogP contribution in [0.5, 0.6) is 0 Å². The van der Waals surface area contributed by atoms with E-state index in [2.05, 4.69) is 5.32 Å². The summed E-state index contributed by atoms with van der Waals surface area (Å²) in [5.41, 5.74) is 18.0. The molecule has 128 heavy (non-hydrogen) atoms. The lowest BCUT2D eigenvalue weighted by molar-refractivity contribution is -0.150. The lowest BCUT2D eigenvalue weighted by Crippen LogP contribution is -2.54. The molecule has 0 aliphatic heterocycles. The van der Waals surface area contributed by atoms with Crippen LogP contribution >= 0.6 is 0 Å². The molecule has 47 heteroatoms. The van der Waals surface area contributed by atoms with Gasteiger partial charge in [0, 0.05) is 169 Å². The number of hydrogen-bond donors (Lipinski definition) is 4. The Bertz CT molecular complexity index is 2830. The molecule has 0 aliphatic rings. The summed E-state index contributed by atoms with van der Waals surface area (Å²) in [6.07, 6.45) is 0. The number of nitrogens with two attached hydrogens (primary N) is 3. The topological polar surface area (TPSA) is 507 Å². The van der Waals surface area contributed by atoms with Crippen molar-refractivity contribution < 1.29 is 152 Å². The van der Waals surface area contributed by atoms with Crippen LogP contribution in [0.2, 0.25) is 0 Å². The van der Waals surface area contributed by atoms with E-state index in [1.165, 1.54) is 74.3 Å². The Hall–Kier alpha value is -6.83. The minimum Gasteiger partial charge on any atom is -0.383 e. The average molecular weight is 1850 g/mol. The molecular weight excluding hydrogens is 1690 g/mol. The Morgan fingerprint density at radius 3 is 0.508 bits per heavy atom. The third kappa shape index (κ3) is 63.3. The fraction of sp³-hybridized carbons (Fsp3) is 0.864. The highest BCUT2D eigenvalue weighted by Gasteiger charge is 2.33. The lowest BCUT2D eigenvalue weighted by Gasteiger charge is -2.33. The van der Waals surface area contributed by atoms with Crippen LogP contribution in [0.25, 0.3) is 0 Å². The molecule has 0 aromatic carbocycles. The number of ether oxygens (including phenoxy) is 21. The van der Waals surface area contributed by atoms with Crippen LogP contribution in [-0.4, -0.2) is 578 Å². The first-order valence-corrected chi connectivity index (χ1v) is 43.4. The second-order valence-corrected chi connectivity index (χ2v) is 28.0. The summed E-state index contributed by atoms with van der Waals surface area (Å²) >= 11 is 0. The van der Waals surface area contributed by atoms with Gasteiger partial charge in [0.2, 0.25) is 65.0 Å². The number of nitrogens with one attached hydrogen (secondary N) is 1. The predicted molar refractivity (Wildman–Crippen MR) is 465 cm³/mol. The highest BCUT2D eigenvalue weighted by Crippen LogP contribution is 2.10. The van der Waals surface area contributed by atoms with Crippen LogP contribution in [0, 0.1) is 0 Å². The van der Waals surface area contributed by atoms with Gasteiger partial charge in [-0.3, -0.25) is 52.7 Å². The van der Waals surface area contributed by atoms with Gasteiger partial charge in [-0.25, -0.2) is 0 Å². The minimum absolute atomic E-state index is 0.0104. The molecule has 0 saturated heterocycles. The SMILES string of the molecule is CCN(CCOCCOCCOC)C(=O)CN(CCOC)C(=O)CN(CCOCCOCCOC)C(=O)CN(CCN)C(=O)CN(CCOCCOCCOC)C(=O)CN(CCOC)C(=O)CN(CCOCCOCCOC)C(=O)CN(CCN)C(=O)CN(CCOCCOCCOC)C(=O)CN(CCOC)C(=O)CN(CCOCCOCCOC)C(=O)CNCCN. The van der Waals surface area contributed by atoms with Crippen molar-refractivity contribution in [2.75, 3.05) is 459 Å². The van der Waals surface area contributed by atoms with Crippen molar-refractivity contribution in [2.24, 2.45) is 17.2 Å². The van der Waals surface area contributed by atoms with Gasteiger partial charge >= 0.3 is 0 Å². The van der Waals surface area contributed by atoms with E-state index >= 15 is 14.4 Å². The van der Waals surface area contributed by atoms with Crippen molar-refractivity contribution in [3.8, 4) is 0 Å². The maximum Gasteiger partial charge on any atom is 0.242 e. The summed E-state index contributed by atoms with van der Waals surface area (Å²) in [5, 5.41) is 2.94. The molecular formula is C81H157N15O32. The standard InChI is InChI=1S/C81H157N15O32/c1-11-86(21-30-117-48-54-123-42-36-111-5)72(98)61-90(18-27-108-2)78(104)69-95(25-34-121-52-58-127-46-40-115-9)75(101)62-87(16-13-83)74(100)66-94(24-33-120-51-57-126-45-39-114-8)81(107)68-92(20-29-110-4)79(105)70-96(26-35-122-53-59-128-47-41-116-10)76(102)63-88(17-14-84)73(99)65-93(23-32-119-50-56-125-44-38-113-7)80(106)67-91(19-28-109-3)77(103)64-89(71(97)60-85-15-12-82)22-31-118-49-55-124-43-37-112-6/h85H,11-70,82-84H2,1-10H3. The quantitative estimate of drug-likeness (QED) is 0.0411. The fourth-order valence-electron chi connectivity index (χ4n) is 11.2. The number of carbonyl (C=O) groups is 11. The third-order valence-corrected chi connectivity index (χ3v) is 18.5. The number of nitrogens with zero attached hydrogens (tertiary/aromatic N) is 11. The molecule has 0 bridgehead atoms. The number of rotatable bonds is 92. The third-order valence-electron chi connectivity index (χ3n) is 18.5. The van der Waals surface area contributed by atoms with E-state index in [9.17, 15) is 38.4 Å². The van der Waals surface area contributed by atoms with Gasteiger partial charge in [-0.2, -0.15) is 0 Å². The van der Waals surface area contributed by atoms with Crippen LogP contribution in [0.3, 0.4) is 0 Å². The van der Waals surface area contributed by atoms with Crippen LogP contribution in [0.4, 0.5) is 0 Å². The summed E-state index contributed by atoms with van der Waals surface area (Å²) in [6.45, 7) is -0.0325. The highest BCUT2D eigenvalue weighted by atomic mass is 16.6. The zero-order valence-electron chi connectivity index (χ0n) is 78.1. The molecule has 11 amide bonds. The number of likely N-dealkylation sites (N-methyl/N-ethyl adjacent to an activating group) is 1. The largest absolute Gasteiger partial charge is 0.383 e. The molecule has 0 saturated carbocycles. The summed E-state index contributed by atoms with van der Waals surface area (Å²) in [5.74, 6) is -7.49. The molecule has 0 spiro atoms. The second-order valence-electron chi connectivity index (χ2n) is 28.0. The Morgan fingerprint density at radius 2 is 0.336 bits per heavy atom. The highest BCUT2D eigenvalue weighted by molar-refractivity contribution is 5.95. The smallest absolute Gasteiger partial charge is 0.242 e. The van der Waals surface area contributed by atoms with Crippen LogP contribution < -0.4 is 22.5 Å². The molecule has 748 valence electrons. The summed E-state index contributed by atoms with van der Waals surface area (Å²) < 4.78 is 114. The number of hydrogen-bond acceptors (Lipinski definition) is 36. The normalized spacial score (nSPS) is 11.3. The van der Waals surface area contributed by atoms with E-state index in [0.717, 1.165) is 29.4 Å². The van der Waals surface area contributed by atoms with Crippen molar-refractivity contribution >= 4 is 65.0 Å². The van der Waals surface area contributed by atoms with Crippen LogP contribution in [0.1, 0.15) is 6.92 Å². The van der Waals surface area contributed by atoms with E-state index in [-0.39, 0.29) is 257 Å². The Morgan fingerprint density at radius 1 is 0.188 bits per heavy atom. The first kappa shape index (κ1) is 121. The van der Waals surface area contributed by atoms with E-state index in [0.29, 0.717) is 79.2 Å². The fourth-order valence-corrected chi connectivity index (χ4v) is 11.2. The minimum atomic E-state index is -0.794. The van der Waals surface area contributed by atoms with Gasteiger partial charge in [0.1, 0.15) is 0 Å². The Balaban J connectivity index is 7.68. The van der Waals surface area contributed by atoms with Gasteiger partial charge in [-0.15, -0.1) is 0 Å². The van der Waals surface area contributed by atoms with Crippen molar-refractivity contribution in [3.05, 3.63) is 0 Å². The Labute approximate surface area is 756 Å². The van der Waals surface area contributed by atoms with Crippen LogP contribution in [0.15, 0.2) is 0 Å². The van der Waals surface area contributed by atoms with Crippen molar-refractivity contribution in [1.29, 1.82) is 0 Å². The predicted octanol–water partition coefficient (Wildman–Crippen LogP) is -7.40.